The van der Waals surface area contributed by atoms with Crippen LogP contribution in [0.5, 0.6) is 0 Å². The van der Waals surface area contributed by atoms with Gasteiger partial charge in [0.05, 0.1) is 29.2 Å². The van der Waals surface area contributed by atoms with Gasteiger partial charge in [-0.05, 0) is 13.0 Å². The van der Waals surface area contributed by atoms with Crippen LogP contribution < -0.4 is 5.32 Å². The quantitative estimate of drug-likeness (QED) is 0.895. The topological polar surface area (TPSA) is 64.7 Å². The maximum atomic E-state index is 11.7. The van der Waals surface area contributed by atoms with Crippen LogP contribution in [0.15, 0.2) is 18.5 Å². The average Bonchev–Trinajstić information content (AvgIpc) is 2.88. The van der Waals surface area contributed by atoms with Crippen LogP contribution in [0.1, 0.15) is 11.4 Å². The molecular weight excluding hydrogens is 254 g/mol. The third-order valence-corrected chi connectivity index (χ3v) is 3.10. The van der Waals surface area contributed by atoms with Gasteiger partial charge in [0.1, 0.15) is 6.54 Å². The summed E-state index contributed by atoms with van der Waals surface area (Å²) in [7, 11) is 1.83. The number of rotatable bonds is 4. The van der Waals surface area contributed by atoms with E-state index < -0.39 is 0 Å². The summed E-state index contributed by atoms with van der Waals surface area (Å²) in [6, 6.07) is 1.86. The van der Waals surface area contributed by atoms with E-state index in [-0.39, 0.29) is 12.5 Å². The first-order chi connectivity index (χ1) is 8.58. The van der Waals surface area contributed by atoms with Crippen molar-refractivity contribution in [1.29, 1.82) is 0 Å². The highest BCUT2D eigenvalue weighted by Gasteiger charge is 2.09. The molecule has 0 aliphatic heterocycles. The van der Waals surface area contributed by atoms with Gasteiger partial charge >= 0.3 is 0 Å². The van der Waals surface area contributed by atoms with Crippen molar-refractivity contribution < 1.29 is 4.79 Å². The van der Waals surface area contributed by atoms with Crippen LogP contribution in [-0.2, 0) is 24.9 Å². The molecule has 6 nitrogen and oxygen atoms in total. The third-order valence-electron chi connectivity index (χ3n) is 2.73. The standard InChI is InChI=1S/C11H14ClN5O/c1-8-10(12)6-15-17(8)7-11(18)13-5-9-3-4-14-16(9)2/h3-4,6H,5,7H2,1-2H3,(H,13,18). The van der Waals surface area contributed by atoms with Crippen molar-refractivity contribution in [3.63, 3.8) is 0 Å². The number of amides is 1. The van der Waals surface area contributed by atoms with E-state index in [9.17, 15) is 4.79 Å². The highest BCUT2D eigenvalue weighted by atomic mass is 35.5. The van der Waals surface area contributed by atoms with Gasteiger partial charge in [-0.3, -0.25) is 14.2 Å². The predicted octanol–water partition coefficient (Wildman–Crippen LogP) is 0.895. The highest BCUT2D eigenvalue weighted by molar-refractivity contribution is 6.31. The van der Waals surface area contributed by atoms with Crippen molar-refractivity contribution in [3.05, 3.63) is 34.9 Å². The SMILES string of the molecule is Cc1c(Cl)cnn1CC(=O)NCc1ccnn1C. The van der Waals surface area contributed by atoms with Crippen LogP contribution in [0.2, 0.25) is 5.02 Å². The number of halogens is 1. The summed E-state index contributed by atoms with van der Waals surface area (Å²) >= 11 is 5.87. The molecule has 0 unspecified atom stereocenters. The molecule has 96 valence electrons. The molecule has 0 radical (unpaired) electrons. The summed E-state index contributed by atoms with van der Waals surface area (Å²) < 4.78 is 3.29. The van der Waals surface area contributed by atoms with Crippen molar-refractivity contribution in [3.8, 4) is 0 Å². The van der Waals surface area contributed by atoms with Crippen molar-refractivity contribution >= 4 is 17.5 Å². The molecule has 0 bridgehead atoms. The summed E-state index contributed by atoms with van der Waals surface area (Å²) in [5.74, 6) is -0.112. The number of aromatic nitrogens is 4. The van der Waals surface area contributed by atoms with E-state index in [1.165, 1.54) is 6.20 Å². The number of carbonyl (C=O) groups is 1. The Morgan fingerprint density at radius 3 is 2.83 bits per heavy atom. The molecule has 7 heteroatoms. The minimum Gasteiger partial charge on any atom is -0.349 e. The molecule has 2 aromatic heterocycles. The highest BCUT2D eigenvalue weighted by Crippen LogP contribution is 2.12. The molecular formula is C11H14ClN5O. The zero-order chi connectivity index (χ0) is 13.1. The number of hydrogen-bond donors (Lipinski definition) is 1. The third kappa shape index (κ3) is 2.70. The van der Waals surface area contributed by atoms with Crippen LogP contribution in [0.4, 0.5) is 0 Å². The van der Waals surface area contributed by atoms with E-state index >= 15 is 0 Å². The number of hydrogen-bond acceptors (Lipinski definition) is 3. The summed E-state index contributed by atoms with van der Waals surface area (Å²) in [5, 5.41) is 11.4. The second kappa shape index (κ2) is 5.22. The normalized spacial score (nSPS) is 10.6. The Bertz CT molecular complexity index is 560. The molecule has 0 aromatic carbocycles. The lowest BCUT2D eigenvalue weighted by molar-refractivity contribution is -0.122. The Hall–Kier alpha value is -1.82. The van der Waals surface area contributed by atoms with Crippen molar-refractivity contribution in [1.82, 2.24) is 24.9 Å². The fraction of sp³-hybridized carbons (Fsp3) is 0.364. The lowest BCUT2D eigenvalue weighted by atomic mass is 10.4. The molecule has 2 rings (SSSR count). The van der Waals surface area contributed by atoms with Gasteiger partial charge in [-0.15, -0.1) is 0 Å². The molecule has 2 heterocycles. The zero-order valence-corrected chi connectivity index (χ0v) is 11.0. The maximum absolute atomic E-state index is 11.7. The van der Waals surface area contributed by atoms with Crippen molar-refractivity contribution in [2.45, 2.75) is 20.0 Å². The minimum absolute atomic E-state index is 0.112. The van der Waals surface area contributed by atoms with Gasteiger partial charge in [0.25, 0.3) is 0 Å². The molecule has 0 aliphatic rings. The summed E-state index contributed by atoms with van der Waals surface area (Å²) in [5.41, 5.74) is 1.73. The lowest BCUT2D eigenvalue weighted by Crippen LogP contribution is -2.28. The van der Waals surface area contributed by atoms with Gasteiger partial charge in [-0.25, -0.2) is 0 Å². The molecule has 18 heavy (non-hydrogen) atoms. The van der Waals surface area contributed by atoms with Crippen molar-refractivity contribution in [2.24, 2.45) is 7.05 Å². The Kier molecular flexibility index (Phi) is 3.66. The maximum Gasteiger partial charge on any atom is 0.242 e. The van der Waals surface area contributed by atoms with Gasteiger partial charge < -0.3 is 5.32 Å². The van der Waals surface area contributed by atoms with Crippen LogP contribution in [-0.4, -0.2) is 25.5 Å². The van der Waals surface area contributed by atoms with Gasteiger partial charge in [0.15, 0.2) is 0 Å². The summed E-state index contributed by atoms with van der Waals surface area (Å²) in [4.78, 5) is 11.7. The van der Waals surface area contributed by atoms with E-state index in [0.717, 1.165) is 11.4 Å². The van der Waals surface area contributed by atoms with Crippen LogP contribution in [0.3, 0.4) is 0 Å². The van der Waals surface area contributed by atoms with E-state index in [2.05, 4.69) is 15.5 Å². The second-order valence-corrected chi connectivity index (χ2v) is 4.37. The number of nitrogens with zero attached hydrogens (tertiary/aromatic N) is 4. The fourth-order valence-corrected chi connectivity index (χ4v) is 1.68. The molecule has 0 atom stereocenters. The van der Waals surface area contributed by atoms with Crippen LogP contribution >= 0.6 is 11.6 Å². The summed E-state index contributed by atoms with van der Waals surface area (Å²) in [6.45, 7) is 2.43. The van der Waals surface area contributed by atoms with Crippen LogP contribution in [0, 0.1) is 6.92 Å². The molecule has 2 aromatic rings. The first-order valence-corrected chi connectivity index (χ1v) is 5.87. The summed E-state index contributed by atoms with van der Waals surface area (Å²) in [6.07, 6.45) is 3.23. The number of carbonyl (C=O) groups excluding carboxylic acids is 1. The molecule has 0 fully saturated rings. The minimum atomic E-state index is -0.112. The second-order valence-electron chi connectivity index (χ2n) is 3.96. The Morgan fingerprint density at radius 1 is 1.50 bits per heavy atom. The van der Waals surface area contributed by atoms with Gasteiger partial charge in [-0.2, -0.15) is 10.2 Å². The smallest absolute Gasteiger partial charge is 0.242 e. The van der Waals surface area contributed by atoms with Gasteiger partial charge in [0.2, 0.25) is 5.91 Å². The first kappa shape index (κ1) is 12.6. The predicted molar refractivity (Wildman–Crippen MR) is 67.0 cm³/mol. The van der Waals surface area contributed by atoms with Gasteiger partial charge in [0, 0.05) is 13.2 Å². The largest absolute Gasteiger partial charge is 0.349 e. The molecule has 0 saturated carbocycles. The molecule has 1 N–H and O–H groups in total. The molecule has 1 amide bonds. The van der Waals surface area contributed by atoms with Gasteiger partial charge in [-0.1, -0.05) is 11.6 Å². The number of nitrogens with one attached hydrogen (secondary N) is 1. The fourth-order valence-electron chi connectivity index (χ4n) is 1.54. The zero-order valence-electron chi connectivity index (χ0n) is 10.2. The van der Waals surface area contributed by atoms with Crippen molar-refractivity contribution in [2.75, 3.05) is 0 Å². The molecule has 0 saturated heterocycles. The monoisotopic (exact) mass is 267 g/mol. The lowest BCUT2D eigenvalue weighted by Gasteiger charge is -2.07. The average molecular weight is 268 g/mol. The molecule has 0 spiro atoms. The number of aryl methyl sites for hydroxylation is 1. The van der Waals surface area contributed by atoms with E-state index in [1.54, 1.807) is 15.6 Å². The van der Waals surface area contributed by atoms with E-state index in [4.69, 9.17) is 11.6 Å². The Labute approximate surface area is 110 Å². The van der Waals surface area contributed by atoms with E-state index in [0.29, 0.717) is 11.6 Å². The van der Waals surface area contributed by atoms with Crippen LogP contribution in [0.25, 0.3) is 0 Å². The van der Waals surface area contributed by atoms with E-state index in [1.807, 2.05) is 20.0 Å². The first-order valence-electron chi connectivity index (χ1n) is 5.49. The Morgan fingerprint density at radius 2 is 2.28 bits per heavy atom. The Balaban J connectivity index is 1.90. The molecule has 0 aliphatic carbocycles.